The lowest BCUT2D eigenvalue weighted by Crippen LogP contribution is -2.10. The molecule has 3 nitrogen and oxygen atoms in total. The van der Waals surface area contributed by atoms with Gasteiger partial charge in [0.1, 0.15) is 0 Å². The van der Waals surface area contributed by atoms with Gasteiger partial charge in [0.15, 0.2) is 0 Å². The smallest absolute Gasteiger partial charge is 0.0859 e. The molecule has 4 unspecified atom stereocenters. The number of aryl methyl sites for hydroxylation is 1. The zero-order valence-electron chi connectivity index (χ0n) is 11.4. The van der Waals surface area contributed by atoms with Crippen molar-refractivity contribution < 1.29 is 0 Å². The van der Waals surface area contributed by atoms with Crippen LogP contribution in [0.2, 0.25) is 0 Å². The van der Waals surface area contributed by atoms with Crippen molar-refractivity contribution in [3.63, 3.8) is 0 Å². The Bertz CT molecular complexity index is 438. The molecule has 0 N–H and O–H groups in total. The molecule has 4 atom stereocenters. The van der Waals surface area contributed by atoms with Crippen LogP contribution in [0.15, 0.2) is 0 Å². The first-order valence-corrected chi connectivity index (χ1v) is 8.41. The zero-order valence-corrected chi connectivity index (χ0v) is 13.6. The predicted octanol–water partition coefficient (Wildman–Crippen LogP) is 3.42. The van der Waals surface area contributed by atoms with Crippen LogP contribution < -0.4 is 0 Å². The molecule has 1 fully saturated rings. The summed E-state index contributed by atoms with van der Waals surface area (Å²) in [4.78, 5) is 0. The fourth-order valence-corrected chi connectivity index (χ4v) is 4.86. The van der Waals surface area contributed by atoms with Crippen molar-refractivity contribution >= 4 is 22.6 Å². The van der Waals surface area contributed by atoms with Gasteiger partial charge in [-0.05, 0) is 57.3 Å². The molecule has 0 aromatic carbocycles. The molecule has 100 valence electrons. The average molecular weight is 359 g/mol. The third-order valence-corrected chi connectivity index (χ3v) is 5.55. The molecule has 0 radical (unpaired) electrons. The van der Waals surface area contributed by atoms with Crippen LogP contribution in [0.1, 0.15) is 51.0 Å². The van der Waals surface area contributed by atoms with E-state index in [0.29, 0.717) is 6.04 Å². The van der Waals surface area contributed by atoms with Crippen molar-refractivity contribution in [1.82, 2.24) is 15.0 Å². The molecular weight excluding hydrogens is 337 g/mol. The minimum absolute atomic E-state index is 0.440. The Morgan fingerprint density at radius 1 is 1.17 bits per heavy atom. The van der Waals surface area contributed by atoms with Gasteiger partial charge in [0.2, 0.25) is 0 Å². The molecule has 0 amide bonds. The van der Waals surface area contributed by atoms with Crippen LogP contribution in [0.25, 0.3) is 0 Å². The maximum absolute atomic E-state index is 4.41. The van der Waals surface area contributed by atoms with Crippen LogP contribution in [0.3, 0.4) is 0 Å². The summed E-state index contributed by atoms with van der Waals surface area (Å²) in [5.41, 5.74) is 2.68. The van der Waals surface area contributed by atoms with Gasteiger partial charge in [0.05, 0.1) is 11.4 Å². The average Bonchev–Trinajstić information content (AvgIpc) is 2.81. The van der Waals surface area contributed by atoms with Crippen LogP contribution >= 0.6 is 22.6 Å². The van der Waals surface area contributed by atoms with Crippen molar-refractivity contribution in [2.45, 2.75) is 56.4 Å². The Kier molecular flexibility index (Phi) is 3.41. The summed E-state index contributed by atoms with van der Waals surface area (Å²) in [6, 6.07) is 0.440. The number of hydrogen-bond acceptors (Lipinski definition) is 2. The minimum Gasteiger partial charge on any atom is -0.247 e. The minimum atomic E-state index is 0.440. The number of fused-ring (bicyclic) bond motifs is 2. The van der Waals surface area contributed by atoms with E-state index in [4.69, 9.17) is 0 Å². The van der Waals surface area contributed by atoms with Gasteiger partial charge < -0.3 is 0 Å². The molecule has 1 saturated carbocycles. The van der Waals surface area contributed by atoms with E-state index in [1.54, 1.807) is 0 Å². The third-order valence-electron chi connectivity index (χ3n) is 4.72. The number of aromatic nitrogens is 3. The second-order valence-corrected chi connectivity index (χ2v) is 8.15. The quantitative estimate of drug-likeness (QED) is 0.598. The van der Waals surface area contributed by atoms with E-state index in [9.17, 15) is 0 Å². The molecule has 1 aromatic heterocycles. The number of rotatable bonds is 2. The van der Waals surface area contributed by atoms with Gasteiger partial charge in [-0.25, -0.2) is 4.68 Å². The highest BCUT2D eigenvalue weighted by atomic mass is 127. The molecule has 2 aliphatic rings. The summed E-state index contributed by atoms with van der Waals surface area (Å²) in [5.74, 6) is 2.91. The van der Waals surface area contributed by atoms with Crippen LogP contribution in [-0.4, -0.2) is 18.9 Å². The molecule has 4 heteroatoms. The maximum Gasteiger partial charge on any atom is 0.0859 e. The highest BCUT2D eigenvalue weighted by Gasteiger charge is 2.51. The predicted molar refractivity (Wildman–Crippen MR) is 81.0 cm³/mol. The summed E-state index contributed by atoms with van der Waals surface area (Å²) in [6.45, 7) is 6.77. The monoisotopic (exact) mass is 359 g/mol. The van der Waals surface area contributed by atoms with Crippen LogP contribution in [0.4, 0.5) is 0 Å². The lowest BCUT2D eigenvalue weighted by atomic mass is 10.0. The van der Waals surface area contributed by atoms with E-state index in [1.165, 1.54) is 30.7 Å². The van der Waals surface area contributed by atoms with E-state index in [-0.39, 0.29) is 0 Å². The standard InChI is InChI=1S/C14H22IN3/c1-8(2)18-13-7-5-11-10(14(11)9(3)15)4-6-12(13)16-17-18/h8-11,14H,4-7H2,1-3H3. The zero-order chi connectivity index (χ0) is 12.9. The molecule has 2 aliphatic carbocycles. The van der Waals surface area contributed by atoms with Crippen molar-refractivity contribution in [3.8, 4) is 0 Å². The molecule has 0 spiro atoms. The van der Waals surface area contributed by atoms with Gasteiger partial charge in [-0.15, -0.1) is 5.10 Å². The first-order chi connectivity index (χ1) is 8.59. The lowest BCUT2D eigenvalue weighted by molar-refractivity contribution is 0.481. The van der Waals surface area contributed by atoms with Crippen LogP contribution in [-0.2, 0) is 12.8 Å². The molecule has 18 heavy (non-hydrogen) atoms. The molecule has 0 bridgehead atoms. The summed E-state index contributed by atoms with van der Waals surface area (Å²) in [5, 5.41) is 8.75. The van der Waals surface area contributed by atoms with Gasteiger partial charge >= 0.3 is 0 Å². The van der Waals surface area contributed by atoms with E-state index in [0.717, 1.165) is 28.1 Å². The summed E-state index contributed by atoms with van der Waals surface area (Å²) in [7, 11) is 0. The Morgan fingerprint density at radius 2 is 1.83 bits per heavy atom. The number of nitrogens with zero attached hydrogens (tertiary/aromatic N) is 3. The molecule has 0 aliphatic heterocycles. The van der Waals surface area contributed by atoms with Gasteiger partial charge in [0.25, 0.3) is 0 Å². The second kappa shape index (κ2) is 4.76. The normalized spacial score (nSPS) is 32.4. The van der Waals surface area contributed by atoms with Crippen molar-refractivity contribution in [2.75, 3.05) is 0 Å². The lowest BCUT2D eigenvalue weighted by Gasteiger charge is -2.12. The molecular formula is C14H22IN3. The van der Waals surface area contributed by atoms with E-state index in [1.807, 2.05) is 0 Å². The Balaban J connectivity index is 1.79. The van der Waals surface area contributed by atoms with Gasteiger partial charge in [-0.3, -0.25) is 0 Å². The van der Waals surface area contributed by atoms with Crippen molar-refractivity contribution in [3.05, 3.63) is 11.4 Å². The highest BCUT2D eigenvalue weighted by molar-refractivity contribution is 14.1. The van der Waals surface area contributed by atoms with E-state index >= 15 is 0 Å². The molecule has 1 heterocycles. The van der Waals surface area contributed by atoms with Gasteiger partial charge in [-0.2, -0.15) is 0 Å². The first kappa shape index (κ1) is 12.9. The van der Waals surface area contributed by atoms with Crippen molar-refractivity contribution in [1.29, 1.82) is 0 Å². The van der Waals surface area contributed by atoms with Crippen molar-refractivity contribution in [2.24, 2.45) is 17.8 Å². The topological polar surface area (TPSA) is 30.7 Å². The fraction of sp³-hybridized carbons (Fsp3) is 0.857. The SMILES string of the molecule is CC(I)C1C2CCc3nnn(C(C)C)c3CCC21. The molecule has 1 aromatic rings. The first-order valence-electron chi connectivity index (χ1n) is 7.16. The number of alkyl halides is 1. The fourth-order valence-electron chi connectivity index (χ4n) is 3.79. The Hall–Kier alpha value is -0.130. The van der Waals surface area contributed by atoms with Crippen LogP contribution in [0, 0.1) is 17.8 Å². The molecule has 0 saturated heterocycles. The van der Waals surface area contributed by atoms with E-state index in [2.05, 4.69) is 58.4 Å². The maximum atomic E-state index is 4.41. The summed E-state index contributed by atoms with van der Waals surface area (Å²) < 4.78 is 2.97. The van der Waals surface area contributed by atoms with Gasteiger partial charge in [-0.1, -0.05) is 34.7 Å². The third kappa shape index (κ3) is 2.10. The second-order valence-electron chi connectivity index (χ2n) is 6.18. The largest absolute Gasteiger partial charge is 0.247 e. The molecule has 3 rings (SSSR count). The number of halogens is 1. The summed E-state index contributed by atoms with van der Waals surface area (Å²) in [6.07, 6.45) is 4.99. The number of hydrogen-bond donors (Lipinski definition) is 0. The van der Waals surface area contributed by atoms with Gasteiger partial charge in [0, 0.05) is 9.97 Å². The van der Waals surface area contributed by atoms with E-state index < -0.39 is 0 Å². The summed E-state index contributed by atoms with van der Waals surface area (Å²) >= 11 is 2.61. The highest BCUT2D eigenvalue weighted by Crippen LogP contribution is 2.56. The Labute approximate surface area is 123 Å². The van der Waals surface area contributed by atoms with Crippen LogP contribution in [0.5, 0.6) is 0 Å². The Morgan fingerprint density at radius 3 is 2.44 bits per heavy atom.